The van der Waals surface area contributed by atoms with Crippen LogP contribution in [0.1, 0.15) is 21.9 Å². The van der Waals surface area contributed by atoms with E-state index in [1.54, 1.807) is 6.07 Å². The summed E-state index contributed by atoms with van der Waals surface area (Å²) >= 11 is 5.99. The molecule has 1 aromatic carbocycles. The summed E-state index contributed by atoms with van der Waals surface area (Å²) in [4.78, 5) is 17.1. The van der Waals surface area contributed by atoms with Gasteiger partial charge in [0.25, 0.3) is 0 Å². The number of hydrogen-bond donors (Lipinski definition) is 2. The van der Waals surface area contributed by atoms with Crippen molar-refractivity contribution in [2.24, 2.45) is 0 Å². The molecule has 82 valence electrons. The SMILES string of the molecule is O=C(O)c1ncc(Cc2ccccc2Cl)[nH]1. The summed E-state index contributed by atoms with van der Waals surface area (Å²) in [7, 11) is 0. The van der Waals surface area contributed by atoms with E-state index in [-0.39, 0.29) is 5.82 Å². The number of aromatic carboxylic acids is 1. The quantitative estimate of drug-likeness (QED) is 0.860. The van der Waals surface area contributed by atoms with Crippen molar-refractivity contribution in [3.63, 3.8) is 0 Å². The number of halogens is 1. The molecule has 2 aromatic rings. The summed E-state index contributed by atoms with van der Waals surface area (Å²) in [6.45, 7) is 0. The first-order valence-electron chi connectivity index (χ1n) is 4.67. The third-order valence-electron chi connectivity index (χ3n) is 2.17. The Hall–Kier alpha value is -1.81. The van der Waals surface area contributed by atoms with Crippen molar-refractivity contribution < 1.29 is 9.90 Å². The second-order valence-electron chi connectivity index (χ2n) is 3.33. The molecule has 0 aliphatic rings. The highest BCUT2D eigenvalue weighted by molar-refractivity contribution is 6.31. The van der Waals surface area contributed by atoms with Gasteiger partial charge in [0.2, 0.25) is 5.82 Å². The smallest absolute Gasteiger partial charge is 0.371 e. The van der Waals surface area contributed by atoms with Gasteiger partial charge in [-0.2, -0.15) is 0 Å². The normalized spacial score (nSPS) is 10.3. The summed E-state index contributed by atoms with van der Waals surface area (Å²) < 4.78 is 0. The molecule has 2 rings (SSSR count). The van der Waals surface area contributed by atoms with E-state index in [2.05, 4.69) is 9.97 Å². The van der Waals surface area contributed by atoms with Crippen LogP contribution >= 0.6 is 11.6 Å². The first kappa shape index (κ1) is 10.7. The molecule has 1 heterocycles. The lowest BCUT2D eigenvalue weighted by Gasteiger charge is -2.00. The van der Waals surface area contributed by atoms with Crippen molar-refractivity contribution in [3.8, 4) is 0 Å². The van der Waals surface area contributed by atoms with Gasteiger partial charge in [-0.1, -0.05) is 29.8 Å². The molecular weight excluding hydrogens is 228 g/mol. The van der Waals surface area contributed by atoms with Gasteiger partial charge in [0.05, 0.1) is 0 Å². The molecule has 0 spiro atoms. The third kappa shape index (κ3) is 2.23. The minimum atomic E-state index is -1.06. The second kappa shape index (κ2) is 4.37. The van der Waals surface area contributed by atoms with Crippen LogP contribution in [0.5, 0.6) is 0 Å². The van der Waals surface area contributed by atoms with Crippen LogP contribution < -0.4 is 0 Å². The van der Waals surface area contributed by atoms with Crippen LogP contribution in [0.2, 0.25) is 5.02 Å². The van der Waals surface area contributed by atoms with Crippen LogP contribution in [0.25, 0.3) is 0 Å². The zero-order valence-corrected chi connectivity index (χ0v) is 9.03. The summed E-state index contributed by atoms with van der Waals surface area (Å²) in [6, 6.07) is 7.42. The number of aromatic amines is 1. The Kier molecular flexibility index (Phi) is 2.92. The average molecular weight is 237 g/mol. The maximum Gasteiger partial charge on any atom is 0.371 e. The monoisotopic (exact) mass is 236 g/mol. The number of carboxylic acids is 1. The lowest BCUT2D eigenvalue weighted by Crippen LogP contribution is -1.99. The van der Waals surface area contributed by atoms with Gasteiger partial charge >= 0.3 is 5.97 Å². The topological polar surface area (TPSA) is 66.0 Å². The number of carbonyl (C=O) groups is 1. The number of hydrogen-bond acceptors (Lipinski definition) is 2. The molecule has 0 fully saturated rings. The van der Waals surface area contributed by atoms with E-state index in [1.165, 1.54) is 6.20 Å². The van der Waals surface area contributed by atoms with Crippen LogP contribution in [-0.4, -0.2) is 21.0 Å². The fourth-order valence-corrected chi connectivity index (χ4v) is 1.61. The van der Waals surface area contributed by atoms with Crippen molar-refractivity contribution in [1.82, 2.24) is 9.97 Å². The summed E-state index contributed by atoms with van der Waals surface area (Å²) in [5.41, 5.74) is 1.66. The molecule has 0 aliphatic heterocycles. The lowest BCUT2D eigenvalue weighted by molar-refractivity contribution is 0.0684. The van der Waals surface area contributed by atoms with Crippen LogP contribution in [0.4, 0.5) is 0 Å². The van der Waals surface area contributed by atoms with E-state index < -0.39 is 5.97 Å². The van der Waals surface area contributed by atoms with Gasteiger partial charge < -0.3 is 10.1 Å². The zero-order chi connectivity index (χ0) is 11.5. The van der Waals surface area contributed by atoms with Crippen LogP contribution in [0.15, 0.2) is 30.5 Å². The molecule has 16 heavy (non-hydrogen) atoms. The van der Waals surface area contributed by atoms with Crippen molar-refractivity contribution in [1.29, 1.82) is 0 Å². The van der Waals surface area contributed by atoms with Gasteiger partial charge in [-0.3, -0.25) is 0 Å². The Morgan fingerprint density at radius 2 is 2.19 bits per heavy atom. The molecule has 0 atom stereocenters. The third-order valence-corrected chi connectivity index (χ3v) is 2.54. The maximum atomic E-state index is 10.6. The number of aromatic nitrogens is 2. The van der Waals surface area contributed by atoms with Gasteiger partial charge in [0.15, 0.2) is 0 Å². The standard InChI is InChI=1S/C11H9ClN2O2/c12-9-4-2-1-3-7(9)5-8-6-13-10(14-8)11(15)16/h1-4,6H,5H2,(H,13,14)(H,15,16). The van der Waals surface area contributed by atoms with Crippen molar-refractivity contribution >= 4 is 17.6 Å². The lowest BCUT2D eigenvalue weighted by atomic mass is 10.1. The van der Waals surface area contributed by atoms with Crippen LogP contribution in [-0.2, 0) is 6.42 Å². The largest absolute Gasteiger partial charge is 0.475 e. The number of nitrogens with zero attached hydrogens (tertiary/aromatic N) is 1. The average Bonchev–Trinajstić information content (AvgIpc) is 2.70. The summed E-state index contributed by atoms with van der Waals surface area (Å²) in [5.74, 6) is -1.12. The molecular formula is C11H9ClN2O2. The van der Waals surface area contributed by atoms with Gasteiger partial charge in [0, 0.05) is 23.3 Å². The minimum absolute atomic E-state index is 0.0537. The highest BCUT2D eigenvalue weighted by atomic mass is 35.5. The molecule has 0 saturated carbocycles. The highest BCUT2D eigenvalue weighted by Gasteiger charge is 2.08. The molecule has 0 aliphatic carbocycles. The highest BCUT2D eigenvalue weighted by Crippen LogP contribution is 2.17. The van der Waals surface area contributed by atoms with Gasteiger partial charge in [-0.15, -0.1) is 0 Å². The predicted octanol–water partition coefficient (Wildman–Crippen LogP) is 2.35. The second-order valence-corrected chi connectivity index (χ2v) is 3.74. The Labute approximate surface area is 96.9 Å². The number of imidazole rings is 1. The number of nitrogens with one attached hydrogen (secondary N) is 1. The minimum Gasteiger partial charge on any atom is -0.475 e. The van der Waals surface area contributed by atoms with Gasteiger partial charge in [0.1, 0.15) is 0 Å². The molecule has 2 N–H and O–H groups in total. The van der Waals surface area contributed by atoms with Gasteiger partial charge in [-0.05, 0) is 11.6 Å². The fraction of sp³-hybridized carbons (Fsp3) is 0.0909. The van der Waals surface area contributed by atoms with Crippen molar-refractivity contribution in [2.45, 2.75) is 6.42 Å². The predicted molar refractivity (Wildman–Crippen MR) is 59.8 cm³/mol. The maximum absolute atomic E-state index is 10.6. The zero-order valence-electron chi connectivity index (χ0n) is 8.27. The van der Waals surface area contributed by atoms with E-state index in [9.17, 15) is 4.79 Å². The number of benzene rings is 1. The first-order chi connectivity index (χ1) is 7.66. The number of carboxylic acid groups (broad SMARTS) is 1. The Balaban J connectivity index is 2.21. The van der Waals surface area contributed by atoms with Crippen molar-refractivity contribution in [3.05, 3.63) is 52.6 Å². The first-order valence-corrected chi connectivity index (χ1v) is 5.05. The molecule has 5 heteroatoms. The van der Waals surface area contributed by atoms with E-state index >= 15 is 0 Å². The van der Waals surface area contributed by atoms with E-state index in [4.69, 9.17) is 16.7 Å². The van der Waals surface area contributed by atoms with Crippen molar-refractivity contribution in [2.75, 3.05) is 0 Å². The Morgan fingerprint density at radius 3 is 2.81 bits per heavy atom. The van der Waals surface area contributed by atoms with Crippen LogP contribution in [0.3, 0.4) is 0 Å². The van der Waals surface area contributed by atoms with E-state index in [0.29, 0.717) is 11.4 Å². The van der Waals surface area contributed by atoms with Gasteiger partial charge in [-0.25, -0.2) is 9.78 Å². The molecule has 0 unspecified atom stereocenters. The van der Waals surface area contributed by atoms with E-state index in [1.807, 2.05) is 18.2 Å². The Bertz CT molecular complexity index is 522. The summed E-state index contributed by atoms with van der Waals surface area (Å²) in [6.07, 6.45) is 2.05. The number of rotatable bonds is 3. The van der Waals surface area contributed by atoms with E-state index in [0.717, 1.165) is 11.3 Å². The molecule has 0 saturated heterocycles. The van der Waals surface area contributed by atoms with Crippen LogP contribution in [0, 0.1) is 0 Å². The molecule has 0 radical (unpaired) electrons. The summed E-state index contributed by atoms with van der Waals surface area (Å²) in [5, 5.41) is 9.36. The molecule has 0 bridgehead atoms. The molecule has 0 amide bonds. The molecule has 1 aromatic heterocycles. The molecule has 4 nitrogen and oxygen atoms in total. The number of H-pyrrole nitrogens is 1. The fourth-order valence-electron chi connectivity index (χ4n) is 1.40. The Morgan fingerprint density at radius 1 is 1.44 bits per heavy atom.